The molecule has 2 rings (SSSR count). The third-order valence-electron chi connectivity index (χ3n) is 3.55. The highest BCUT2D eigenvalue weighted by Gasteiger charge is 2.09. The predicted molar refractivity (Wildman–Crippen MR) is 111 cm³/mol. The molecule has 2 aromatic rings. The molecule has 2 aromatic carbocycles. The molecule has 3 N–H and O–H groups in total. The molecule has 4 nitrogen and oxygen atoms in total. The Morgan fingerprint density at radius 3 is 2.37 bits per heavy atom. The molecule has 0 saturated heterocycles. The van der Waals surface area contributed by atoms with Crippen LogP contribution in [0.25, 0.3) is 11.1 Å². The smallest absolute Gasteiger partial charge is 0.319 e. The largest absolute Gasteiger partial charge is 0.508 e. The van der Waals surface area contributed by atoms with Crippen LogP contribution in [0.1, 0.15) is 12.5 Å². The summed E-state index contributed by atoms with van der Waals surface area (Å²) in [6, 6.07) is 18.5. The number of carbonyl (C=O) groups excluding carboxylic acids is 1. The van der Waals surface area contributed by atoms with Gasteiger partial charge in [0.25, 0.3) is 0 Å². The van der Waals surface area contributed by atoms with Gasteiger partial charge in [-0.25, -0.2) is 0 Å². The van der Waals surface area contributed by atoms with Crippen molar-refractivity contribution in [2.45, 2.75) is 19.4 Å². The maximum atomic E-state index is 11.2. The Morgan fingerprint density at radius 2 is 1.81 bits per heavy atom. The van der Waals surface area contributed by atoms with Gasteiger partial charge in [-0.1, -0.05) is 73.8 Å². The summed E-state index contributed by atoms with van der Waals surface area (Å²) < 4.78 is 5.19. The van der Waals surface area contributed by atoms with Gasteiger partial charge in [0.05, 0.1) is 6.54 Å². The molecule has 1 unspecified atom stereocenters. The van der Waals surface area contributed by atoms with Crippen molar-refractivity contribution >= 4 is 5.97 Å². The van der Waals surface area contributed by atoms with Crippen molar-refractivity contribution in [3.05, 3.63) is 97.3 Å². The van der Waals surface area contributed by atoms with Crippen LogP contribution in [-0.4, -0.2) is 23.7 Å². The number of aliphatic hydroxyl groups excluding tert-OH is 1. The van der Waals surface area contributed by atoms with Gasteiger partial charge in [-0.05, 0) is 35.8 Å². The molecular weight excluding hydrogens is 338 g/mol. The number of esters is 1. The highest BCUT2D eigenvalue weighted by Crippen LogP contribution is 2.20. The Labute approximate surface area is 161 Å². The molecule has 0 aliphatic heterocycles. The fraction of sp³-hybridized carbons (Fsp3) is 0.174. The summed E-state index contributed by atoms with van der Waals surface area (Å²) in [4.78, 5) is 11.2. The Balaban J connectivity index is 0.000000445. The van der Waals surface area contributed by atoms with E-state index in [1.54, 1.807) is 0 Å². The van der Waals surface area contributed by atoms with Gasteiger partial charge in [0.2, 0.25) is 0 Å². The zero-order chi connectivity index (χ0) is 20.1. The Kier molecular flexibility index (Phi) is 9.97. The molecule has 27 heavy (non-hydrogen) atoms. The number of hydrogen-bond donors (Lipinski definition) is 2. The first kappa shape index (κ1) is 21.9. The summed E-state index contributed by atoms with van der Waals surface area (Å²) in [5.41, 5.74) is 8.73. The normalized spacial score (nSPS) is 11.6. The van der Waals surface area contributed by atoms with Gasteiger partial charge in [-0.2, -0.15) is 0 Å². The van der Waals surface area contributed by atoms with E-state index >= 15 is 0 Å². The monoisotopic (exact) mass is 365 g/mol. The quantitative estimate of drug-likeness (QED) is 0.428. The van der Waals surface area contributed by atoms with Gasteiger partial charge in [0, 0.05) is 6.42 Å². The van der Waals surface area contributed by atoms with Gasteiger partial charge in [-0.3, -0.25) is 4.79 Å². The molecule has 4 heteroatoms. The fourth-order valence-electron chi connectivity index (χ4n) is 2.34. The summed E-state index contributed by atoms with van der Waals surface area (Å²) in [5.74, 6) is -0.216. The van der Waals surface area contributed by atoms with Crippen LogP contribution in [0.3, 0.4) is 0 Å². The third-order valence-corrected chi connectivity index (χ3v) is 3.55. The SMILES string of the molecule is C=C/C=C(/O)C=C.CC(Cc1cccc(-c2ccccc2)c1)OC(=O)CN. The number of nitrogens with two attached hydrogens (primary N) is 1. The van der Waals surface area contributed by atoms with E-state index in [-0.39, 0.29) is 24.4 Å². The van der Waals surface area contributed by atoms with Crippen LogP contribution in [0.15, 0.2) is 91.7 Å². The van der Waals surface area contributed by atoms with Gasteiger partial charge < -0.3 is 15.6 Å². The van der Waals surface area contributed by atoms with Crippen molar-refractivity contribution in [2.75, 3.05) is 6.54 Å². The molecule has 0 fully saturated rings. The Morgan fingerprint density at radius 1 is 1.15 bits per heavy atom. The first-order chi connectivity index (χ1) is 13.0. The molecular formula is C23H27NO3. The molecule has 0 saturated carbocycles. The second-order valence-electron chi connectivity index (χ2n) is 5.81. The number of aliphatic hydroxyl groups is 1. The molecule has 0 heterocycles. The molecule has 1 atom stereocenters. The molecule has 0 aromatic heterocycles. The number of carbonyl (C=O) groups is 1. The van der Waals surface area contributed by atoms with E-state index in [0.717, 1.165) is 5.56 Å². The van der Waals surface area contributed by atoms with Gasteiger partial charge in [0.15, 0.2) is 0 Å². The summed E-state index contributed by atoms with van der Waals surface area (Å²) >= 11 is 0. The minimum atomic E-state index is -0.364. The molecule has 0 bridgehead atoms. The van der Waals surface area contributed by atoms with Crippen molar-refractivity contribution in [3.63, 3.8) is 0 Å². The lowest BCUT2D eigenvalue weighted by atomic mass is 10.0. The van der Waals surface area contributed by atoms with Crippen molar-refractivity contribution in [2.24, 2.45) is 5.73 Å². The van der Waals surface area contributed by atoms with Crippen LogP contribution in [0.2, 0.25) is 0 Å². The Hall–Kier alpha value is -3.11. The maximum Gasteiger partial charge on any atom is 0.319 e. The number of ether oxygens (including phenoxy) is 1. The summed E-state index contributed by atoms with van der Waals surface area (Å²) in [7, 11) is 0. The minimum absolute atomic E-state index is 0.0750. The third kappa shape index (κ3) is 8.70. The van der Waals surface area contributed by atoms with Gasteiger partial charge >= 0.3 is 5.97 Å². The van der Waals surface area contributed by atoms with Crippen molar-refractivity contribution in [3.8, 4) is 11.1 Å². The van der Waals surface area contributed by atoms with E-state index in [0.29, 0.717) is 6.42 Å². The molecule has 0 amide bonds. The number of allylic oxidation sites excluding steroid dienone is 3. The van der Waals surface area contributed by atoms with E-state index in [4.69, 9.17) is 15.6 Å². The zero-order valence-electron chi connectivity index (χ0n) is 15.7. The van der Waals surface area contributed by atoms with Gasteiger partial charge in [-0.15, -0.1) is 0 Å². The van der Waals surface area contributed by atoms with E-state index < -0.39 is 0 Å². The van der Waals surface area contributed by atoms with Crippen LogP contribution < -0.4 is 5.73 Å². The summed E-state index contributed by atoms with van der Waals surface area (Å²) in [5, 5.41) is 8.53. The molecule has 142 valence electrons. The highest BCUT2D eigenvalue weighted by molar-refractivity contribution is 5.71. The van der Waals surface area contributed by atoms with Crippen LogP contribution in [0.5, 0.6) is 0 Å². The summed E-state index contributed by atoms with van der Waals surface area (Å²) in [6.45, 7) is 8.48. The molecule has 0 aliphatic rings. The lowest BCUT2D eigenvalue weighted by Gasteiger charge is -2.13. The van der Waals surface area contributed by atoms with E-state index in [1.807, 2.05) is 37.3 Å². The number of hydrogen-bond acceptors (Lipinski definition) is 4. The zero-order valence-corrected chi connectivity index (χ0v) is 15.7. The second kappa shape index (κ2) is 12.3. The van der Waals surface area contributed by atoms with Crippen molar-refractivity contribution in [1.29, 1.82) is 0 Å². The summed E-state index contributed by atoms with van der Waals surface area (Å²) in [6.07, 6.45) is 4.83. The van der Waals surface area contributed by atoms with Crippen LogP contribution in [-0.2, 0) is 16.0 Å². The lowest BCUT2D eigenvalue weighted by Crippen LogP contribution is -2.23. The average molecular weight is 365 g/mol. The van der Waals surface area contributed by atoms with Crippen LogP contribution in [0, 0.1) is 0 Å². The highest BCUT2D eigenvalue weighted by atomic mass is 16.5. The maximum absolute atomic E-state index is 11.2. The first-order valence-corrected chi connectivity index (χ1v) is 8.68. The van der Waals surface area contributed by atoms with Crippen molar-refractivity contribution in [1.82, 2.24) is 0 Å². The standard InChI is InChI=1S/C17H19NO2.C6H8O/c1-13(20-17(19)12-18)10-14-6-5-9-16(11-14)15-7-3-2-4-8-15;1-3-5-6(7)4-2/h2-9,11,13H,10,12,18H2,1H3;3-5,7H,1-2H2/b;6-5+. The van der Waals surface area contributed by atoms with E-state index in [2.05, 4.69) is 37.4 Å². The number of rotatable bonds is 7. The fourth-order valence-corrected chi connectivity index (χ4v) is 2.34. The van der Waals surface area contributed by atoms with Gasteiger partial charge in [0.1, 0.15) is 11.9 Å². The predicted octanol–water partition coefficient (Wildman–Crippen LogP) is 4.59. The van der Waals surface area contributed by atoms with Crippen molar-refractivity contribution < 1.29 is 14.6 Å². The minimum Gasteiger partial charge on any atom is -0.508 e. The van der Waals surface area contributed by atoms with E-state index in [1.165, 1.54) is 29.4 Å². The topological polar surface area (TPSA) is 72.5 Å². The lowest BCUT2D eigenvalue weighted by molar-refractivity contribution is -0.146. The molecule has 0 aliphatic carbocycles. The average Bonchev–Trinajstić information content (AvgIpc) is 2.69. The number of benzene rings is 2. The first-order valence-electron chi connectivity index (χ1n) is 8.68. The van der Waals surface area contributed by atoms with Crippen LogP contribution >= 0.6 is 0 Å². The molecule has 0 spiro atoms. The molecule has 0 radical (unpaired) electrons. The Bertz CT molecular complexity index is 766. The van der Waals surface area contributed by atoms with E-state index in [9.17, 15) is 4.79 Å². The van der Waals surface area contributed by atoms with Crippen LogP contribution in [0.4, 0.5) is 0 Å². The second-order valence-corrected chi connectivity index (χ2v) is 5.81.